The minimum atomic E-state index is -4.58. The summed E-state index contributed by atoms with van der Waals surface area (Å²) in [6, 6.07) is 0. The Morgan fingerprint density at radius 1 is 0.610 bits per heavy atom. The molecule has 0 saturated heterocycles. The molecule has 3 unspecified atom stereocenters. The van der Waals surface area contributed by atoms with Crippen LogP contribution in [0.1, 0.15) is 142 Å². The van der Waals surface area contributed by atoms with Crippen molar-refractivity contribution in [2.45, 2.75) is 154 Å². The highest BCUT2D eigenvalue weighted by Crippen LogP contribution is 2.43. The zero-order chi connectivity index (χ0) is 30.6. The van der Waals surface area contributed by atoms with Gasteiger partial charge in [0.2, 0.25) is 0 Å². The largest absolute Gasteiger partial charge is 0.472 e. The average molecular weight is 611 g/mol. The molecule has 0 aliphatic heterocycles. The molecule has 0 radical (unpaired) electrons. The molecular formula is C30H59O10P. The van der Waals surface area contributed by atoms with Gasteiger partial charge in [-0.25, -0.2) is 4.57 Å². The highest BCUT2D eigenvalue weighted by atomic mass is 31.2. The number of carbonyl (C=O) groups is 2. The highest BCUT2D eigenvalue weighted by Gasteiger charge is 2.27. The van der Waals surface area contributed by atoms with E-state index in [1.165, 1.54) is 96.3 Å². The Bertz CT molecular complexity index is 676. The zero-order valence-electron chi connectivity index (χ0n) is 25.8. The summed E-state index contributed by atoms with van der Waals surface area (Å²) in [7, 11) is -4.58. The number of aliphatic hydroxyl groups excluding tert-OH is 2. The summed E-state index contributed by atoms with van der Waals surface area (Å²) in [6.45, 7) is 1.09. The quantitative estimate of drug-likeness (QED) is 0.0452. The van der Waals surface area contributed by atoms with Crippen LogP contribution in [0.5, 0.6) is 0 Å². The zero-order valence-corrected chi connectivity index (χ0v) is 26.7. The van der Waals surface area contributed by atoms with E-state index in [1.807, 2.05) is 0 Å². The molecule has 0 heterocycles. The summed E-state index contributed by atoms with van der Waals surface area (Å²) < 4.78 is 31.2. The van der Waals surface area contributed by atoms with Crippen molar-refractivity contribution in [3.05, 3.63) is 0 Å². The van der Waals surface area contributed by atoms with Crippen molar-refractivity contribution in [1.82, 2.24) is 0 Å². The van der Waals surface area contributed by atoms with E-state index in [9.17, 15) is 24.2 Å². The van der Waals surface area contributed by atoms with E-state index in [0.717, 1.165) is 26.2 Å². The van der Waals surface area contributed by atoms with Gasteiger partial charge in [-0.2, -0.15) is 0 Å². The third-order valence-corrected chi connectivity index (χ3v) is 7.82. The minimum absolute atomic E-state index is 0.198. The molecule has 41 heavy (non-hydrogen) atoms. The van der Waals surface area contributed by atoms with Crippen LogP contribution in [0, 0.1) is 0 Å². The Kier molecular flexibility index (Phi) is 27.1. The van der Waals surface area contributed by atoms with Crippen LogP contribution in [0.3, 0.4) is 0 Å². The molecule has 3 atom stereocenters. The van der Waals surface area contributed by atoms with E-state index in [4.69, 9.17) is 19.1 Å². The van der Waals surface area contributed by atoms with Crippen LogP contribution in [0.2, 0.25) is 0 Å². The van der Waals surface area contributed by atoms with Crippen LogP contribution < -0.4 is 0 Å². The van der Waals surface area contributed by atoms with Gasteiger partial charge in [0.15, 0.2) is 0 Å². The van der Waals surface area contributed by atoms with Crippen LogP contribution in [0.4, 0.5) is 0 Å². The third-order valence-electron chi connectivity index (χ3n) is 6.87. The molecule has 0 aromatic rings. The Morgan fingerprint density at radius 2 is 0.951 bits per heavy atom. The van der Waals surface area contributed by atoms with E-state index in [2.05, 4.69) is 11.4 Å². The number of hydrogen-bond donors (Lipinski definition) is 3. The van der Waals surface area contributed by atoms with Crippen molar-refractivity contribution in [2.75, 3.05) is 26.4 Å². The molecule has 0 amide bonds. The fraction of sp³-hybridized carbons (Fsp3) is 0.933. The molecule has 3 N–H and O–H groups in total. The first-order valence-corrected chi connectivity index (χ1v) is 17.4. The number of phosphoric ester groups is 1. The first-order valence-electron chi connectivity index (χ1n) is 15.9. The molecule has 0 aliphatic carbocycles. The lowest BCUT2D eigenvalue weighted by molar-refractivity contribution is -0.153. The molecule has 0 bridgehead atoms. The van der Waals surface area contributed by atoms with Gasteiger partial charge >= 0.3 is 19.8 Å². The molecule has 0 aromatic heterocycles. The van der Waals surface area contributed by atoms with Crippen molar-refractivity contribution in [3.8, 4) is 0 Å². The first kappa shape index (κ1) is 40.0. The maximum Gasteiger partial charge on any atom is 0.472 e. The minimum Gasteiger partial charge on any atom is -0.458 e. The molecule has 10 nitrogen and oxygen atoms in total. The number of hydrogen-bond acceptors (Lipinski definition) is 9. The lowest BCUT2D eigenvalue weighted by Gasteiger charge is -2.20. The second-order valence-corrected chi connectivity index (χ2v) is 12.3. The maximum atomic E-state index is 12.0. The van der Waals surface area contributed by atoms with Crippen molar-refractivity contribution in [2.24, 2.45) is 0 Å². The molecule has 0 fully saturated rings. The molecular weight excluding hydrogens is 551 g/mol. The van der Waals surface area contributed by atoms with Crippen molar-refractivity contribution in [1.29, 1.82) is 0 Å². The van der Waals surface area contributed by atoms with Gasteiger partial charge in [-0.3, -0.25) is 18.6 Å². The third kappa shape index (κ3) is 27.5. The summed E-state index contributed by atoms with van der Waals surface area (Å²) in [5.41, 5.74) is 0. The van der Waals surface area contributed by atoms with E-state index >= 15 is 0 Å². The normalized spacial score (nSPS) is 14.4. The first-order chi connectivity index (χ1) is 19.7. The number of aliphatic hydroxyl groups is 2. The summed E-state index contributed by atoms with van der Waals surface area (Å²) >= 11 is 0. The predicted octanol–water partition coefficient (Wildman–Crippen LogP) is 6.77. The fourth-order valence-electron chi connectivity index (χ4n) is 4.47. The van der Waals surface area contributed by atoms with Gasteiger partial charge in [0, 0.05) is 13.3 Å². The standard InChI is InChI=1S/C30H59O10P/c1-3-4-5-6-7-8-9-10-11-12-13-14-15-16-17-18-19-20-21-22-30(34)40-29(24-32)26-38-41(35,36)37-25-28(23-31)39-27(2)33/h28-29,31-32H,3-26H2,1-2H3,(H,35,36). The summed E-state index contributed by atoms with van der Waals surface area (Å²) in [4.78, 5) is 32.7. The van der Waals surface area contributed by atoms with Gasteiger partial charge in [0.05, 0.1) is 26.4 Å². The lowest BCUT2D eigenvalue weighted by atomic mass is 10.0. The number of esters is 2. The van der Waals surface area contributed by atoms with Gasteiger partial charge in [-0.15, -0.1) is 0 Å². The highest BCUT2D eigenvalue weighted by molar-refractivity contribution is 7.47. The van der Waals surface area contributed by atoms with Gasteiger partial charge in [-0.1, -0.05) is 122 Å². The summed E-state index contributed by atoms with van der Waals surface area (Å²) in [6.07, 6.45) is 22.1. The van der Waals surface area contributed by atoms with E-state index in [1.54, 1.807) is 0 Å². The second-order valence-electron chi connectivity index (χ2n) is 10.9. The summed E-state index contributed by atoms with van der Waals surface area (Å²) in [5.74, 6) is -1.19. The van der Waals surface area contributed by atoms with Crippen molar-refractivity contribution >= 4 is 19.8 Å². The SMILES string of the molecule is CCCCCCCCCCCCCCCCCCCCCC(=O)OC(CO)COP(=O)(O)OCC(CO)OC(C)=O. The van der Waals surface area contributed by atoms with Crippen LogP contribution in [0.25, 0.3) is 0 Å². The van der Waals surface area contributed by atoms with E-state index in [-0.39, 0.29) is 6.42 Å². The topological polar surface area (TPSA) is 149 Å². The second kappa shape index (κ2) is 27.8. The van der Waals surface area contributed by atoms with Crippen LogP contribution in [-0.4, -0.2) is 65.7 Å². The number of ether oxygens (including phenoxy) is 2. The van der Waals surface area contributed by atoms with Gasteiger partial charge in [0.1, 0.15) is 12.2 Å². The van der Waals surface area contributed by atoms with E-state index in [0.29, 0.717) is 6.42 Å². The van der Waals surface area contributed by atoms with Crippen LogP contribution in [0.15, 0.2) is 0 Å². The smallest absolute Gasteiger partial charge is 0.458 e. The maximum absolute atomic E-state index is 12.0. The summed E-state index contributed by atoms with van der Waals surface area (Å²) in [5, 5.41) is 18.5. The molecule has 0 aliphatic rings. The number of rotatable bonds is 30. The van der Waals surface area contributed by atoms with Gasteiger partial charge < -0.3 is 24.6 Å². The molecule has 0 saturated carbocycles. The average Bonchev–Trinajstić information content (AvgIpc) is 2.94. The number of carbonyl (C=O) groups excluding carboxylic acids is 2. The monoisotopic (exact) mass is 610 g/mol. The fourth-order valence-corrected chi connectivity index (χ4v) is 5.25. The van der Waals surface area contributed by atoms with Crippen molar-refractivity contribution < 1.29 is 47.8 Å². The molecule has 0 rings (SSSR count). The molecule has 0 spiro atoms. The molecule has 0 aromatic carbocycles. The predicted molar refractivity (Wildman–Crippen MR) is 159 cm³/mol. The Labute approximate surface area is 248 Å². The van der Waals surface area contributed by atoms with E-state index < -0.39 is 58.4 Å². The lowest BCUT2D eigenvalue weighted by Crippen LogP contribution is -2.28. The van der Waals surface area contributed by atoms with Gasteiger partial charge in [-0.05, 0) is 6.42 Å². The van der Waals surface area contributed by atoms with Crippen molar-refractivity contribution in [3.63, 3.8) is 0 Å². The van der Waals surface area contributed by atoms with Crippen LogP contribution >= 0.6 is 7.82 Å². The molecule has 244 valence electrons. The number of phosphoric acid groups is 1. The van der Waals surface area contributed by atoms with Crippen LogP contribution in [-0.2, 0) is 32.7 Å². The molecule has 11 heteroatoms. The Hall–Kier alpha value is -1.03. The number of unbranched alkanes of at least 4 members (excludes halogenated alkanes) is 18. The Balaban J connectivity index is 3.67. The van der Waals surface area contributed by atoms with Gasteiger partial charge in [0.25, 0.3) is 0 Å². The Morgan fingerprint density at radius 3 is 1.29 bits per heavy atom.